The minimum absolute atomic E-state index is 0.164. The second-order valence-corrected chi connectivity index (χ2v) is 7.07. The maximum absolute atomic E-state index is 12.3. The van der Waals surface area contributed by atoms with Crippen molar-refractivity contribution in [3.05, 3.63) is 34.3 Å². The Kier molecular flexibility index (Phi) is 6.36. The van der Waals surface area contributed by atoms with Crippen molar-refractivity contribution in [3.8, 4) is 0 Å². The lowest BCUT2D eigenvalue weighted by atomic mass is 10.0. The van der Waals surface area contributed by atoms with Crippen LogP contribution in [0.5, 0.6) is 0 Å². The molecule has 1 saturated carbocycles. The first-order valence-corrected chi connectivity index (χ1v) is 8.68. The van der Waals surface area contributed by atoms with Gasteiger partial charge in [0.15, 0.2) is 6.61 Å². The van der Waals surface area contributed by atoms with Crippen LogP contribution in [0.3, 0.4) is 0 Å². The third kappa shape index (κ3) is 5.63. The first-order valence-electron chi connectivity index (χ1n) is 7.89. The number of benzene rings is 1. The lowest BCUT2D eigenvalue weighted by Gasteiger charge is -2.20. The zero-order valence-electron chi connectivity index (χ0n) is 13.7. The topological polar surface area (TPSA) is 84.5 Å². The van der Waals surface area contributed by atoms with Crippen LogP contribution in [-0.2, 0) is 14.3 Å². The lowest BCUT2D eigenvalue weighted by molar-refractivity contribution is -0.151. The van der Waals surface area contributed by atoms with Gasteiger partial charge in [-0.05, 0) is 43.0 Å². The summed E-state index contributed by atoms with van der Waals surface area (Å²) in [7, 11) is 0. The van der Waals surface area contributed by atoms with Crippen molar-refractivity contribution in [3.63, 3.8) is 0 Å². The summed E-state index contributed by atoms with van der Waals surface area (Å²) in [6.45, 7) is 3.28. The van der Waals surface area contributed by atoms with Crippen LogP contribution < -0.4 is 10.6 Å². The number of ether oxygens (including phenoxy) is 1. The van der Waals surface area contributed by atoms with E-state index >= 15 is 0 Å². The van der Waals surface area contributed by atoms with Crippen molar-refractivity contribution in [2.45, 2.75) is 38.8 Å². The summed E-state index contributed by atoms with van der Waals surface area (Å²) in [4.78, 5) is 36.0. The van der Waals surface area contributed by atoms with Gasteiger partial charge < -0.3 is 15.4 Å². The molecule has 1 aromatic rings. The maximum Gasteiger partial charge on any atom is 0.329 e. The Morgan fingerprint density at radius 2 is 1.83 bits per heavy atom. The highest BCUT2D eigenvalue weighted by atomic mass is 79.9. The Morgan fingerprint density at radius 3 is 2.38 bits per heavy atom. The summed E-state index contributed by atoms with van der Waals surface area (Å²) >= 11 is 3.30. The van der Waals surface area contributed by atoms with Gasteiger partial charge in [-0.3, -0.25) is 9.59 Å². The molecule has 0 unspecified atom stereocenters. The average Bonchev–Trinajstić information content (AvgIpc) is 3.34. The molecule has 0 radical (unpaired) electrons. The largest absolute Gasteiger partial charge is 0.454 e. The number of amides is 2. The SMILES string of the molecule is CC(C)[C@H](NC(=O)c1ccc(Br)cc1)C(=O)OCC(=O)NC1CC1. The van der Waals surface area contributed by atoms with E-state index in [2.05, 4.69) is 26.6 Å². The van der Waals surface area contributed by atoms with Gasteiger partial charge in [0.2, 0.25) is 0 Å². The summed E-state index contributed by atoms with van der Waals surface area (Å²) < 4.78 is 5.90. The number of halogens is 1. The van der Waals surface area contributed by atoms with Gasteiger partial charge in [-0.1, -0.05) is 29.8 Å². The fraction of sp³-hybridized carbons (Fsp3) is 0.471. The number of carbonyl (C=O) groups is 3. The molecule has 0 spiro atoms. The summed E-state index contributed by atoms with van der Waals surface area (Å²) in [6.07, 6.45) is 1.94. The van der Waals surface area contributed by atoms with Crippen LogP contribution in [0.25, 0.3) is 0 Å². The van der Waals surface area contributed by atoms with E-state index in [4.69, 9.17) is 4.74 Å². The van der Waals surface area contributed by atoms with Crippen molar-refractivity contribution >= 4 is 33.7 Å². The van der Waals surface area contributed by atoms with Crippen LogP contribution in [0.2, 0.25) is 0 Å². The predicted octanol–water partition coefficient (Wildman–Crippen LogP) is 2.03. The van der Waals surface area contributed by atoms with E-state index in [1.165, 1.54) is 0 Å². The Labute approximate surface area is 149 Å². The molecule has 2 amide bonds. The molecular weight excluding hydrogens is 376 g/mol. The first kappa shape index (κ1) is 18.4. The third-order valence-corrected chi connectivity index (χ3v) is 4.13. The fourth-order valence-electron chi connectivity index (χ4n) is 2.05. The second-order valence-electron chi connectivity index (χ2n) is 6.15. The fourth-order valence-corrected chi connectivity index (χ4v) is 2.31. The Hall–Kier alpha value is -1.89. The average molecular weight is 397 g/mol. The summed E-state index contributed by atoms with van der Waals surface area (Å²) in [5, 5.41) is 5.41. The number of hydrogen-bond donors (Lipinski definition) is 2. The molecule has 0 aliphatic heterocycles. The zero-order chi connectivity index (χ0) is 17.7. The maximum atomic E-state index is 12.3. The van der Waals surface area contributed by atoms with Gasteiger partial charge in [0.05, 0.1) is 0 Å². The van der Waals surface area contributed by atoms with Crippen LogP contribution in [0.15, 0.2) is 28.7 Å². The van der Waals surface area contributed by atoms with Crippen LogP contribution in [0, 0.1) is 5.92 Å². The summed E-state index contributed by atoms with van der Waals surface area (Å²) in [5.41, 5.74) is 0.447. The molecule has 7 heteroatoms. The molecule has 2 N–H and O–H groups in total. The minimum atomic E-state index is -0.810. The van der Waals surface area contributed by atoms with E-state index in [-0.39, 0.29) is 30.4 Å². The van der Waals surface area contributed by atoms with E-state index in [9.17, 15) is 14.4 Å². The Morgan fingerprint density at radius 1 is 1.21 bits per heavy atom. The van der Waals surface area contributed by atoms with Crippen molar-refractivity contribution < 1.29 is 19.1 Å². The number of carbonyl (C=O) groups excluding carboxylic acids is 3. The second kappa shape index (κ2) is 8.28. The van der Waals surface area contributed by atoms with Gasteiger partial charge in [-0.2, -0.15) is 0 Å². The lowest BCUT2D eigenvalue weighted by Crippen LogP contribution is -2.46. The molecule has 1 aliphatic carbocycles. The molecule has 1 fully saturated rings. The van der Waals surface area contributed by atoms with Crippen molar-refractivity contribution in [2.24, 2.45) is 5.92 Å². The number of nitrogens with one attached hydrogen (secondary N) is 2. The molecule has 0 bridgehead atoms. The van der Waals surface area contributed by atoms with Gasteiger partial charge >= 0.3 is 5.97 Å². The van der Waals surface area contributed by atoms with Gasteiger partial charge in [-0.25, -0.2) is 4.79 Å². The van der Waals surface area contributed by atoms with Crippen LogP contribution in [-0.4, -0.2) is 36.5 Å². The van der Waals surface area contributed by atoms with Crippen molar-refractivity contribution in [2.75, 3.05) is 6.61 Å². The highest BCUT2D eigenvalue weighted by Crippen LogP contribution is 2.18. The number of esters is 1. The van der Waals surface area contributed by atoms with E-state index < -0.39 is 12.0 Å². The molecular formula is C17H21BrN2O4. The van der Waals surface area contributed by atoms with Crippen LogP contribution in [0.4, 0.5) is 0 Å². The zero-order valence-corrected chi connectivity index (χ0v) is 15.3. The molecule has 0 aromatic heterocycles. The van der Waals surface area contributed by atoms with Gasteiger partial charge in [-0.15, -0.1) is 0 Å². The Balaban J connectivity index is 1.89. The van der Waals surface area contributed by atoms with E-state index in [0.717, 1.165) is 17.3 Å². The van der Waals surface area contributed by atoms with Crippen LogP contribution in [0.1, 0.15) is 37.0 Å². The molecule has 0 saturated heterocycles. The highest BCUT2D eigenvalue weighted by molar-refractivity contribution is 9.10. The minimum Gasteiger partial charge on any atom is -0.454 e. The first-order chi connectivity index (χ1) is 11.4. The van der Waals surface area contributed by atoms with Gasteiger partial charge in [0.25, 0.3) is 11.8 Å². The molecule has 1 aliphatic rings. The normalized spacial score (nSPS) is 14.8. The molecule has 24 heavy (non-hydrogen) atoms. The molecule has 1 atom stereocenters. The van der Waals surface area contributed by atoms with E-state index in [1.807, 2.05) is 0 Å². The quantitative estimate of drug-likeness (QED) is 0.690. The monoisotopic (exact) mass is 396 g/mol. The smallest absolute Gasteiger partial charge is 0.329 e. The standard InChI is InChI=1S/C17H21BrN2O4/c1-10(2)15(17(23)24-9-14(21)19-13-7-8-13)20-16(22)11-3-5-12(18)6-4-11/h3-6,10,13,15H,7-9H2,1-2H3,(H,19,21)(H,20,22)/t15-/m0/s1. The summed E-state index contributed by atoms with van der Waals surface area (Å²) in [6, 6.07) is 6.22. The predicted molar refractivity (Wildman–Crippen MR) is 92.4 cm³/mol. The summed E-state index contributed by atoms with van der Waals surface area (Å²) in [5.74, 6) is -1.45. The molecule has 6 nitrogen and oxygen atoms in total. The van der Waals surface area contributed by atoms with Crippen molar-refractivity contribution in [1.82, 2.24) is 10.6 Å². The van der Waals surface area contributed by atoms with Gasteiger partial charge in [0, 0.05) is 16.1 Å². The van der Waals surface area contributed by atoms with Gasteiger partial charge in [0.1, 0.15) is 6.04 Å². The molecule has 1 aromatic carbocycles. The van der Waals surface area contributed by atoms with Crippen LogP contribution >= 0.6 is 15.9 Å². The van der Waals surface area contributed by atoms with E-state index in [0.29, 0.717) is 5.56 Å². The Bertz CT molecular complexity index is 612. The number of hydrogen-bond acceptors (Lipinski definition) is 4. The molecule has 2 rings (SSSR count). The van der Waals surface area contributed by atoms with Crippen molar-refractivity contribution in [1.29, 1.82) is 0 Å². The third-order valence-electron chi connectivity index (χ3n) is 3.60. The highest BCUT2D eigenvalue weighted by Gasteiger charge is 2.28. The number of rotatable bonds is 7. The molecule has 130 valence electrons. The molecule has 0 heterocycles. The van der Waals surface area contributed by atoms with E-state index in [1.54, 1.807) is 38.1 Å².